The molecule has 9 nitrogen and oxygen atoms in total. The predicted molar refractivity (Wildman–Crippen MR) is 110 cm³/mol. The van der Waals surface area contributed by atoms with E-state index in [0.717, 1.165) is 21.4 Å². The van der Waals surface area contributed by atoms with Gasteiger partial charge in [-0.1, -0.05) is 30.3 Å². The molecule has 0 spiro atoms. The monoisotopic (exact) mass is 391 g/mol. The van der Waals surface area contributed by atoms with Gasteiger partial charge in [0.05, 0.1) is 18.3 Å². The molecule has 148 valence electrons. The topological polar surface area (TPSA) is 110 Å². The summed E-state index contributed by atoms with van der Waals surface area (Å²) < 4.78 is 2.90. The minimum absolute atomic E-state index is 0.0914. The van der Waals surface area contributed by atoms with E-state index in [-0.39, 0.29) is 23.6 Å². The first-order valence-electron chi connectivity index (χ1n) is 9.23. The first-order valence-corrected chi connectivity index (χ1v) is 9.23. The number of rotatable bonds is 5. The average molecular weight is 391 g/mol. The summed E-state index contributed by atoms with van der Waals surface area (Å²) in [5.41, 5.74) is 2.06. The molecule has 0 radical (unpaired) electrons. The van der Waals surface area contributed by atoms with Gasteiger partial charge in [-0.05, 0) is 19.4 Å². The second-order valence-electron chi connectivity index (χ2n) is 6.97. The fourth-order valence-corrected chi connectivity index (χ4v) is 3.33. The maximum atomic E-state index is 12.8. The number of aryl methyl sites for hydroxylation is 2. The van der Waals surface area contributed by atoms with Gasteiger partial charge >= 0.3 is 5.69 Å². The molecule has 0 aliphatic carbocycles. The van der Waals surface area contributed by atoms with Crippen LogP contribution in [0.5, 0.6) is 0 Å². The molecule has 2 N–H and O–H groups in total. The second-order valence-corrected chi connectivity index (χ2v) is 6.97. The van der Waals surface area contributed by atoms with E-state index < -0.39 is 11.2 Å². The average Bonchev–Trinajstić information content (AvgIpc) is 3.04. The van der Waals surface area contributed by atoms with Crippen molar-refractivity contribution in [3.05, 3.63) is 80.4 Å². The molecule has 0 aliphatic heterocycles. The molecule has 3 heterocycles. The van der Waals surface area contributed by atoms with Gasteiger partial charge in [-0.25, -0.2) is 9.78 Å². The minimum atomic E-state index is -0.507. The highest BCUT2D eigenvalue weighted by Crippen LogP contribution is 2.19. The van der Waals surface area contributed by atoms with Gasteiger partial charge in [-0.15, -0.1) is 0 Å². The molecule has 29 heavy (non-hydrogen) atoms. The molecule has 1 atom stereocenters. The molecule has 0 amide bonds. The maximum absolute atomic E-state index is 12.8. The quantitative estimate of drug-likeness (QED) is 0.536. The predicted octanol–water partition coefficient (Wildman–Crippen LogP) is 1.74. The molecule has 0 saturated heterocycles. The number of hydrogen-bond acceptors (Lipinski definition) is 6. The van der Waals surface area contributed by atoms with Crippen LogP contribution in [0.1, 0.15) is 29.8 Å². The number of fused-ring (bicyclic) bond motifs is 1. The van der Waals surface area contributed by atoms with Crippen molar-refractivity contribution in [2.24, 2.45) is 7.05 Å². The van der Waals surface area contributed by atoms with Crippen molar-refractivity contribution in [2.45, 2.75) is 26.4 Å². The van der Waals surface area contributed by atoms with Crippen LogP contribution in [0, 0.1) is 6.92 Å². The molecule has 9 heteroatoms. The van der Waals surface area contributed by atoms with E-state index in [4.69, 9.17) is 0 Å². The molecule has 0 fully saturated rings. The van der Waals surface area contributed by atoms with E-state index in [1.807, 2.05) is 57.4 Å². The van der Waals surface area contributed by atoms with Crippen LogP contribution in [-0.2, 0) is 13.6 Å². The molecule has 0 unspecified atom stereocenters. The highest BCUT2D eigenvalue weighted by atomic mass is 16.2. The maximum Gasteiger partial charge on any atom is 0.330 e. The lowest BCUT2D eigenvalue weighted by atomic mass is 10.1. The highest BCUT2D eigenvalue weighted by Gasteiger charge is 2.15. The van der Waals surface area contributed by atoms with Crippen molar-refractivity contribution >= 4 is 17.0 Å². The summed E-state index contributed by atoms with van der Waals surface area (Å²) in [5.74, 6) is 0.323. The van der Waals surface area contributed by atoms with Crippen LogP contribution in [-0.4, -0.2) is 29.3 Å². The van der Waals surface area contributed by atoms with E-state index in [1.54, 1.807) is 4.68 Å². The molecule has 1 aromatic carbocycles. The summed E-state index contributed by atoms with van der Waals surface area (Å²) in [6.07, 6.45) is 3.37. The van der Waals surface area contributed by atoms with Crippen molar-refractivity contribution in [1.29, 1.82) is 0 Å². The summed E-state index contributed by atoms with van der Waals surface area (Å²) in [4.78, 5) is 36.5. The Morgan fingerprint density at radius 3 is 2.66 bits per heavy atom. The van der Waals surface area contributed by atoms with Crippen LogP contribution >= 0.6 is 0 Å². The number of hydrogen-bond donors (Lipinski definition) is 2. The summed E-state index contributed by atoms with van der Waals surface area (Å²) in [6.45, 7) is 4.09. The standard InChI is InChI=1S/C20H21N7O2/c1-12(16-11-26(3)25-13(16)2)22-19-21-9-15-17(23-19)24-20(29)27(18(15)28)10-14-7-5-4-6-8-14/h4-9,11-12H,10H2,1-3H3,(H2,21,22,23,24,29)/t12-/m1/s1. The van der Waals surface area contributed by atoms with Gasteiger partial charge < -0.3 is 5.32 Å². The lowest BCUT2D eigenvalue weighted by Gasteiger charge is -2.13. The third-order valence-corrected chi connectivity index (χ3v) is 4.78. The summed E-state index contributed by atoms with van der Waals surface area (Å²) in [7, 11) is 1.86. The van der Waals surface area contributed by atoms with Gasteiger partial charge in [0.2, 0.25) is 5.95 Å². The molecule has 0 aliphatic rings. The zero-order valence-electron chi connectivity index (χ0n) is 16.4. The fourth-order valence-electron chi connectivity index (χ4n) is 3.33. The van der Waals surface area contributed by atoms with Crippen molar-refractivity contribution in [3.63, 3.8) is 0 Å². The summed E-state index contributed by atoms with van der Waals surface area (Å²) in [6, 6.07) is 9.24. The molecule has 4 aromatic rings. The van der Waals surface area contributed by atoms with E-state index in [0.29, 0.717) is 5.95 Å². The zero-order valence-corrected chi connectivity index (χ0v) is 16.4. The SMILES string of the molecule is Cc1nn(C)cc1[C@@H](C)Nc1ncc2c(=O)n(Cc3ccccc3)c(=O)[nH]c2n1. The van der Waals surface area contributed by atoms with Gasteiger partial charge in [0, 0.05) is 25.0 Å². The van der Waals surface area contributed by atoms with Crippen LogP contribution in [0.15, 0.2) is 52.3 Å². The largest absolute Gasteiger partial charge is 0.348 e. The van der Waals surface area contributed by atoms with Gasteiger partial charge in [-0.3, -0.25) is 19.0 Å². The number of aromatic amines is 1. The molecule has 4 rings (SSSR count). The number of benzene rings is 1. The Kier molecular flexibility index (Phi) is 4.71. The van der Waals surface area contributed by atoms with Crippen molar-refractivity contribution < 1.29 is 0 Å². The van der Waals surface area contributed by atoms with Crippen LogP contribution in [0.25, 0.3) is 11.0 Å². The first-order chi connectivity index (χ1) is 13.9. The number of aromatic nitrogens is 6. The minimum Gasteiger partial charge on any atom is -0.348 e. The lowest BCUT2D eigenvalue weighted by Crippen LogP contribution is -2.35. The van der Waals surface area contributed by atoms with Crippen LogP contribution in [0.2, 0.25) is 0 Å². The third-order valence-electron chi connectivity index (χ3n) is 4.78. The van der Waals surface area contributed by atoms with Crippen LogP contribution < -0.4 is 16.6 Å². The third kappa shape index (κ3) is 3.66. The van der Waals surface area contributed by atoms with Crippen LogP contribution in [0.4, 0.5) is 5.95 Å². The smallest absolute Gasteiger partial charge is 0.330 e. The molecule has 0 bridgehead atoms. The Morgan fingerprint density at radius 1 is 1.21 bits per heavy atom. The van der Waals surface area contributed by atoms with Crippen LogP contribution in [0.3, 0.4) is 0 Å². The Labute approximate surface area is 166 Å². The van der Waals surface area contributed by atoms with E-state index >= 15 is 0 Å². The van der Waals surface area contributed by atoms with Crippen molar-refractivity contribution in [3.8, 4) is 0 Å². The normalized spacial score (nSPS) is 12.2. The van der Waals surface area contributed by atoms with E-state index in [9.17, 15) is 9.59 Å². The first kappa shape index (κ1) is 18.6. The van der Waals surface area contributed by atoms with Gasteiger partial charge in [0.15, 0.2) is 5.65 Å². The number of nitrogens with zero attached hydrogens (tertiary/aromatic N) is 5. The van der Waals surface area contributed by atoms with Gasteiger partial charge in [0.1, 0.15) is 5.39 Å². The summed E-state index contributed by atoms with van der Waals surface area (Å²) in [5, 5.41) is 7.79. The van der Waals surface area contributed by atoms with E-state index in [2.05, 4.69) is 25.4 Å². The number of H-pyrrole nitrogens is 1. The lowest BCUT2D eigenvalue weighted by molar-refractivity contribution is 0.709. The van der Waals surface area contributed by atoms with Crippen molar-refractivity contribution in [1.82, 2.24) is 29.3 Å². The number of anilines is 1. The van der Waals surface area contributed by atoms with E-state index in [1.165, 1.54) is 6.20 Å². The Balaban J connectivity index is 1.66. The Hall–Kier alpha value is -3.75. The molecule has 0 saturated carbocycles. The highest BCUT2D eigenvalue weighted by molar-refractivity contribution is 5.73. The fraction of sp³-hybridized carbons (Fsp3) is 0.250. The second kappa shape index (κ2) is 7.34. The molecular formula is C20H21N7O2. The Bertz CT molecular complexity index is 1290. The van der Waals surface area contributed by atoms with Crippen molar-refractivity contribution in [2.75, 3.05) is 5.32 Å². The molecule has 3 aromatic heterocycles. The molecular weight excluding hydrogens is 370 g/mol. The zero-order chi connectivity index (χ0) is 20.5. The summed E-state index contributed by atoms with van der Waals surface area (Å²) >= 11 is 0. The number of nitrogens with one attached hydrogen (secondary N) is 2. The van der Waals surface area contributed by atoms with Gasteiger partial charge in [0.25, 0.3) is 5.56 Å². The Morgan fingerprint density at radius 2 is 1.97 bits per heavy atom. The van der Waals surface area contributed by atoms with Gasteiger partial charge in [-0.2, -0.15) is 10.1 Å².